The molecule has 1 atom stereocenters. The molecule has 0 saturated heterocycles. The number of benzene rings is 2. The van der Waals surface area contributed by atoms with E-state index in [1.54, 1.807) is 20.8 Å². The van der Waals surface area contributed by atoms with Crippen LogP contribution in [0.1, 0.15) is 26.3 Å². The van der Waals surface area contributed by atoms with Crippen molar-refractivity contribution in [3.63, 3.8) is 0 Å². The summed E-state index contributed by atoms with van der Waals surface area (Å²) in [5, 5.41) is 33.7. The number of amides is 1. The number of carboxylic acid groups (broad SMARTS) is 1. The second-order valence-electron chi connectivity index (χ2n) is 7.65. The second kappa shape index (κ2) is 9.73. The van der Waals surface area contributed by atoms with Crippen molar-refractivity contribution in [1.82, 2.24) is 5.32 Å². The minimum absolute atomic E-state index is 0.0491. The third-order valence-electron chi connectivity index (χ3n) is 3.93. The van der Waals surface area contributed by atoms with Gasteiger partial charge in [-0.3, -0.25) is 20.2 Å². The van der Waals surface area contributed by atoms with E-state index in [1.807, 2.05) is 0 Å². The normalized spacial score (nSPS) is 11.8. The molecule has 0 radical (unpaired) electrons. The molecule has 32 heavy (non-hydrogen) atoms. The number of non-ortho nitro benzene ring substituents is 1. The van der Waals surface area contributed by atoms with Gasteiger partial charge in [-0.1, -0.05) is 12.1 Å². The summed E-state index contributed by atoms with van der Waals surface area (Å²) in [6.45, 7) is 4.95. The summed E-state index contributed by atoms with van der Waals surface area (Å²) in [7, 11) is 0. The van der Waals surface area contributed by atoms with Gasteiger partial charge in [0.2, 0.25) is 5.75 Å². The van der Waals surface area contributed by atoms with Crippen molar-refractivity contribution >= 4 is 23.4 Å². The average molecular weight is 447 g/mol. The Kier molecular flexibility index (Phi) is 7.31. The van der Waals surface area contributed by atoms with Crippen molar-refractivity contribution in [1.29, 1.82) is 0 Å². The highest BCUT2D eigenvalue weighted by atomic mass is 16.6. The molecule has 0 bridgehead atoms. The second-order valence-corrected chi connectivity index (χ2v) is 7.65. The number of nitro groups is 2. The number of ether oxygens (including phenoxy) is 2. The van der Waals surface area contributed by atoms with Gasteiger partial charge in [0.25, 0.3) is 5.69 Å². The molecule has 170 valence electrons. The van der Waals surface area contributed by atoms with Gasteiger partial charge in [0.15, 0.2) is 0 Å². The lowest BCUT2D eigenvalue weighted by Crippen LogP contribution is -2.44. The number of aliphatic carboxylic acids is 1. The van der Waals surface area contributed by atoms with Gasteiger partial charge in [-0.25, -0.2) is 9.59 Å². The molecule has 2 aromatic rings. The Morgan fingerprint density at radius 2 is 1.69 bits per heavy atom. The maximum Gasteiger partial charge on any atom is 0.408 e. The number of carboxylic acids is 1. The first-order valence-electron chi connectivity index (χ1n) is 9.27. The zero-order chi connectivity index (χ0) is 24.1. The lowest BCUT2D eigenvalue weighted by Gasteiger charge is -2.22. The monoisotopic (exact) mass is 447 g/mol. The number of hydrogen-bond donors (Lipinski definition) is 2. The van der Waals surface area contributed by atoms with E-state index in [1.165, 1.54) is 24.3 Å². The largest absolute Gasteiger partial charge is 0.480 e. The highest BCUT2D eigenvalue weighted by Crippen LogP contribution is 2.34. The van der Waals surface area contributed by atoms with E-state index in [2.05, 4.69) is 5.32 Å². The Morgan fingerprint density at radius 1 is 1.06 bits per heavy atom. The van der Waals surface area contributed by atoms with Crippen LogP contribution in [0.2, 0.25) is 0 Å². The molecule has 0 saturated carbocycles. The molecule has 0 aromatic heterocycles. The standard InChI is InChI=1S/C20H21N3O9/c1-20(2,3)32-19(26)21-15(18(24)25)10-12-4-7-14(8-5-12)31-17-9-6-13(22(27)28)11-16(17)23(29)30/h4-9,11,15H,10H2,1-3H3,(H,21,26)(H,24,25)/t15-/m0/s1. The quantitative estimate of drug-likeness (QED) is 0.451. The van der Waals surface area contributed by atoms with E-state index in [4.69, 9.17) is 9.47 Å². The summed E-state index contributed by atoms with van der Waals surface area (Å²) in [5.41, 5.74) is -1.27. The van der Waals surface area contributed by atoms with Crippen LogP contribution in [0.15, 0.2) is 42.5 Å². The Bertz CT molecular complexity index is 1030. The van der Waals surface area contributed by atoms with E-state index >= 15 is 0 Å². The van der Waals surface area contributed by atoms with Gasteiger partial charge < -0.3 is 19.9 Å². The van der Waals surface area contributed by atoms with Gasteiger partial charge in [0.05, 0.1) is 15.9 Å². The van der Waals surface area contributed by atoms with Gasteiger partial charge >= 0.3 is 17.7 Å². The van der Waals surface area contributed by atoms with Crippen LogP contribution in [0, 0.1) is 20.2 Å². The molecule has 0 heterocycles. The lowest BCUT2D eigenvalue weighted by atomic mass is 10.1. The molecule has 0 unspecified atom stereocenters. The van der Waals surface area contributed by atoms with Gasteiger partial charge in [-0.2, -0.15) is 0 Å². The summed E-state index contributed by atoms with van der Waals surface area (Å²) < 4.78 is 10.5. The number of alkyl carbamates (subject to hydrolysis) is 1. The zero-order valence-electron chi connectivity index (χ0n) is 17.4. The van der Waals surface area contributed by atoms with Crippen molar-refractivity contribution in [2.45, 2.75) is 38.8 Å². The van der Waals surface area contributed by atoms with Crippen molar-refractivity contribution in [3.05, 3.63) is 68.3 Å². The van der Waals surface area contributed by atoms with Crippen LogP contribution in [0.3, 0.4) is 0 Å². The molecule has 2 aromatic carbocycles. The van der Waals surface area contributed by atoms with Crippen molar-refractivity contribution in [3.8, 4) is 11.5 Å². The molecule has 2 rings (SSSR count). The molecule has 0 aliphatic heterocycles. The van der Waals surface area contributed by atoms with Gasteiger partial charge in [0.1, 0.15) is 17.4 Å². The van der Waals surface area contributed by atoms with E-state index in [-0.39, 0.29) is 17.9 Å². The summed E-state index contributed by atoms with van der Waals surface area (Å²) >= 11 is 0. The van der Waals surface area contributed by atoms with E-state index < -0.39 is 44.9 Å². The highest BCUT2D eigenvalue weighted by Gasteiger charge is 2.25. The van der Waals surface area contributed by atoms with Gasteiger partial charge in [-0.15, -0.1) is 0 Å². The zero-order valence-corrected chi connectivity index (χ0v) is 17.4. The SMILES string of the molecule is CC(C)(C)OC(=O)N[C@@H](Cc1ccc(Oc2ccc([N+](=O)[O-])cc2[N+](=O)[O-])cc1)C(=O)O. The van der Waals surface area contributed by atoms with Crippen LogP contribution in [0.5, 0.6) is 11.5 Å². The third-order valence-corrected chi connectivity index (χ3v) is 3.93. The van der Waals surface area contributed by atoms with E-state index in [0.29, 0.717) is 5.56 Å². The summed E-state index contributed by atoms with van der Waals surface area (Å²) in [6.07, 6.45) is -0.915. The molecular weight excluding hydrogens is 426 g/mol. The number of nitro benzene ring substituents is 2. The van der Waals surface area contributed by atoms with Gasteiger partial charge in [-0.05, 0) is 44.5 Å². The fraction of sp³-hybridized carbons (Fsp3) is 0.300. The Hall–Kier alpha value is -4.22. The van der Waals surface area contributed by atoms with E-state index in [9.17, 15) is 34.9 Å². The predicted molar refractivity (Wildman–Crippen MR) is 111 cm³/mol. The smallest absolute Gasteiger partial charge is 0.408 e. The average Bonchev–Trinajstić information content (AvgIpc) is 2.67. The maximum atomic E-state index is 11.9. The van der Waals surface area contributed by atoms with Crippen LogP contribution >= 0.6 is 0 Å². The first kappa shape index (κ1) is 24.1. The maximum absolute atomic E-state index is 11.9. The molecule has 0 aliphatic rings. The summed E-state index contributed by atoms with van der Waals surface area (Å²) in [6, 6.07) is 7.71. The third kappa shape index (κ3) is 6.93. The molecular formula is C20H21N3O9. The number of carbonyl (C=O) groups excluding carboxylic acids is 1. The summed E-state index contributed by atoms with van der Waals surface area (Å²) in [5.74, 6) is -1.25. The van der Waals surface area contributed by atoms with Crippen molar-refractivity contribution in [2.75, 3.05) is 0 Å². The highest BCUT2D eigenvalue weighted by molar-refractivity contribution is 5.80. The fourth-order valence-corrected chi connectivity index (χ4v) is 2.55. The minimum Gasteiger partial charge on any atom is -0.480 e. The van der Waals surface area contributed by atoms with Crippen LogP contribution in [-0.2, 0) is 16.0 Å². The van der Waals surface area contributed by atoms with Crippen LogP contribution < -0.4 is 10.1 Å². The number of carbonyl (C=O) groups is 2. The fourth-order valence-electron chi connectivity index (χ4n) is 2.55. The Morgan fingerprint density at radius 3 is 2.19 bits per heavy atom. The number of rotatable bonds is 8. The number of nitrogens with one attached hydrogen (secondary N) is 1. The molecule has 0 spiro atoms. The van der Waals surface area contributed by atoms with Crippen molar-refractivity contribution in [2.24, 2.45) is 0 Å². The van der Waals surface area contributed by atoms with Crippen LogP contribution in [-0.4, -0.2) is 38.7 Å². The van der Waals surface area contributed by atoms with Crippen LogP contribution in [0.4, 0.5) is 16.2 Å². The summed E-state index contributed by atoms with van der Waals surface area (Å²) in [4.78, 5) is 43.8. The molecule has 1 amide bonds. The van der Waals surface area contributed by atoms with Gasteiger partial charge in [0, 0.05) is 12.5 Å². The molecule has 12 heteroatoms. The number of hydrogen-bond acceptors (Lipinski definition) is 8. The minimum atomic E-state index is -1.25. The van der Waals surface area contributed by atoms with Crippen molar-refractivity contribution < 1.29 is 34.0 Å². The van der Waals surface area contributed by atoms with Crippen LogP contribution in [0.25, 0.3) is 0 Å². The Labute approximate surface area is 182 Å². The predicted octanol–water partition coefficient (Wildman–Crippen LogP) is 3.82. The topological polar surface area (TPSA) is 171 Å². The first-order valence-corrected chi connectivity index (χ1v) is 9.27. The molecule has 2 N–H and O–H groups in total. The molecule has 0 aliphatic carbocycles. The lowest BCUT2D eigenvalue weighted by molar-refractivity contribution is -0.394. The Balaban J connectivity index is 2.12. The molecule has 12 nitrogen and oxygen atoms in total. The first-order chi connectivity index (χ1) is 14.9. The van der Waals surface area contributed by atoms with E-state index in [0.717, 1.165) is 18.2 Å². The molecule has 0 fully saturated rings. The number of nitrogens with zero attached hydrogens (tertiary/aromatic N) is 2.